The second-order valence-corrected chi connectivity index (χ2v) is 7.28. The number of amides is 2. The fraction of sp³-hybridized carbons (Fsp3) is 0.350. The lowest BCUT2D eigenvalue weighted by Crippen LogP contribution is -2.38. The zero-order valence-corrected chi connectivity index (χ0v) is 20.0. The van der Waals surface area contributed by atoms with Gasteiger partial charge in [-0.3, -0.25) is 14.6 Å². The highest BCUT2D eigenvalue weighted by molar-refractivity contribution is 14.0. The number of carbonyl (C=O) groups is 2. The number of nitrogens with zero attached hydrogens (tertiary/aromatic N) is 2. The molecule has 7 nitrogen and oxygen atoms in total. The van der Waals surface area contributed by atoms with Gasteiger partial charge < -0.3 is 20.9 Å². The molecule has 0 aliphatic rings. The van der Waals surface area contributed by atoms with Gasteiger partial charge in [0.15, 0.2) is 5.96 Å². The number of thiophene rings is 1. The van der Waals surface area contributed by atoms with Gasteiger partial charge in [0.2, 0.25) is 0 Å². The van der Waals surface area contributed by atoms with Crippen molar-refractivity contribution in [3.63, 3.8) is 0 Å². The molecule has 158 valence electrons. The van der Waals surface area contributed by atoms with Gasteiger partial charge in [-0.2, -0.15) is 0 Å². The number of rotatable bonds is 8. The lowest BCUT2D eigenvalue weighted by molar-refractivity contribution is 0.0827. The van der Waals surface area contributed by atoms with E-state index in [2.05, 4.69) is 20.9 Å². The van der Waals surface area contributed by atoms with Crippen molar-refractivity contribution in [2.75, 3.05) is 34.2 Å². The molecule has 1 aromatic heterocycles. The summed E-state index contributed by atoms with van der Waals surface area (Å²) in [6, 6.07) is 11.2. The zero-order valence-electron chi connectivity index (χ0n) is 16.9. The van der Waals surface area contributed by atoms with Gasteiger partial charge in [0.1, 0.15) is 0 Å². The number of aliphatic imine (C=N–C) groups is 1. The molecule has 29 heavy (non-hydrogen) atoms. The van der Waals surface area contributed by atoms with E-state index in [1.807, 2.05) is 41.8 Å². The Morgan fingerprint density at radius 2 is 1.72 bits per heavy atom. The summed E-state index contributed by atoms with van der Waals surface area (Å²) in [5.74, 6) is 0.648. The first-order valence-corrected chi connectivity index (χ1v) is 9.96. The first-order chi connectivity index (χ1) is 13.5. The zero-order chi connectivity index (χ0) is 20.4. The van der Waals surface area contributed by atoms with E-state index in [4.69, 9.17) is 0 Å². The molecular formula is C20H28IN5O2S. The molecule has 1 heterocycles. The van der Waals surface area contributed by atoms with Crippen LogP contribution in [-0.2, 0) is 6.54 Å². The lowest BCUT2D eigenvalue weighted by Gasteiger charge is -2.13. The van der Waals surface area contributed by atoms with Crippen LogP contribution in [0.4, 0.5) is 0 Å². The van der Waals surface area contributed by atoms with Gasteiger partial charge in [-0.1, -0.05) is 18.2 Å². The molecule has 2 aromatic rings. The second-order valence-electron chi connectivity index (χ2n) is 6.34. The summed E-state index contributed by atoms with van der Waals surface area (Å²) in [6.07, 6.45) is 0.791. The van der Waals surface area contributed by atoms with Crippen LogP contribution in [0.5, 0.6) is 0 Å². The van der Waals surface area contributed by atoms with Crippen LogP contribution in [-0.4, -0.2) is 56.9 Å². The molecule has 0 aliphatic heterocycles. The highest BCUT2D eigenvalue weighted by atomic mass is 127. The van der Waals surface area contributed by atoms with Crippen LogP contribution >= 0.6 is 35.3 Å². The monoisotopic (exact) mass is 529 g/mol. The topological polar surface area (TPSA) is 85.8 Å². The van der Waals surface area contributed by atoms with Crippen molar-refractivity contribution in [3.05, 3.63) is 57.8 Å². The van der Waals surface area contributed by atoms with Crippen molar-refractivity contribution in [3.8, 4) is 0 Å². The molecular weight excluding hydrogens is 501 g/mol. The quantitative estimate of drug-likeness (QED) is 0.213. The molecule has 9 heteroatoms. The normalized spacial score (nSPS) is 10.7. The predicted molar refractivity (Wildman–Crippen MR) is 129 cm³/mol. The number of benzene rings is 1. The molecule has 0 spiro atoms. The van der Waals surface area contributed by atoms with Crippen LogP contribution in [0.15, 0.2) is 46.8 Å². The summed E-state index contributed by atoms with van der Waals surface area (Å²) in [6.45, 7) is 1.90. The van der Waals surface area contributed by atoms with Crippen LogP contribution in [0.3, 0.4) is 0 Å². The van der Waals surface area contributed by atoms with Crippen LogP contribution in [0, 0.1) is 0 Å². The number of hydrogen-bond acceptors (Lipinski definition) is 4. The summed E-state index contributed by atoms with van der Waals surface area (Å²) in [5.41, 5.74) is 1.72. The number of halogens is 1. The van der Waals surface area contributed by atoms with E-state index in [-0.39, 0.29) is 35.8 Å². The Balaban J connectivity index is 0.00000420. The van der Waals surface area contributed by atoms with Crippen molar-refractivity contribution in [2.45, 2.75) is 13.0 Å². The second kappa shape index (κ2) is 13.2. The van der Waals surface area contributed by atoms with Crippen molar-refractivity contribution in [2.24, 2.45) is 4.99 Å². The van der Waals surface area contributed by atoms with E-state index in [9.17, 15) is 9.59 Å². The summed E-state index contributed by atoms with van der Waals surface area (Å²) in [5, 5.41) is 11.2. The third kappa shape index (κ3) is 8.40. The number of hydrogen-bond donors (Lipinski definition) is 3. The van der Waals surface area contributed by atoms with Gasteiger partial charge in [-0.15, -0.1) is 35.3 Å². The molecule has 0 aliphatic carbocycles. The van der Waals surface area contributed by atoms with Gasteiger partial charge in [0.05, 0.1) is 4.88 Å². The highest BCUT2D eigenvalue weighted by Gasteiger charge is 2.07. The van der Waals surface area contributed by atoms with Crippen LogP contribution in [0.2, 0.25) is 0 Å². The van der Waals surface area contributed by atoms with Crippen LogP contribution in [0.25, 0.3) is 0 Å². The van der Waals surface area contributed by atoms with Crippen molar-refractivity contribution >= 4 is 53.1 Å². The Bertz CT molecular complexity index is 792. The van der Waals surface area contributed by atoms with Gasteiger partial charge >= 0.3 is 0 Å². The summed E-state index contributed by atoms with van der Waals surface area (Å²) in [4.78, 5) is 30.2. The van der Waals surface area contributed by atoms with Crippen molar-refractivity contribution in [1.29, 1.82) is 0 Å². The Morgan fingerprint density at radius 3 is 2.31 bits per heavy atom. The molecule has 2 amide bonds. The van der Waals surface area contributed by atoms with E-state index in [1.165, 1.54) is 11.3 Å². The minimum absolute atomic E-state index is 0. The smallest absolute Gasteiger partial charge is 0.261 e. The predicted octanol–water partition coefficient (Wildman–Crippen LogP) is 2.55. The third-order valence-corrected chi connectivity index (χ3v) is 4.84. The molecule has 0 fully saturated rings. The van der Waals surface area contributed by atoms with E-state index in [0.29, 0.717) is 31.2 Å². The fourth-order valence-corrected chi connectivity index (χ4v) is 3.06. The molecule has 0 atom stereocenters. The largest absolute Gasteiger partial charge is 0.356 e. The standard InChI is InChI=1S/C20H27N5O2S.HI/c1-21-20(23-12-5-11-22-18(26)17-6-4-13-28-17)24-14-15-7-9-16(10-8-15)19(27)25(2)3;/h4,6-10,13H,5,11-12,14H2,1-3H3,(H,22,26)(H2,21,23,24);1H. The van der Waals surface area contributed by atoms with Gasteiger partial charge in [-0.25, -0.2) is 0 Å². The fourth-order valence-electron chi connectivity index (χ4n) is 2.42. The van der Waals surface area contributed by atoms with E-state index in [1.54, 1.807) is 26.0 Å². The Hall–Kier alpha value is -2.14. The maximum atomic E-state index is 11.9. The summed E-state index contributed by atoms with van der Waals surface area (Å²) >= 11 is 1.43. The molecule has 0 saturated carbocycles. The summed E-state index contributed by atoms with van der Waals surface area (Å²) in [7, 11) is 5.19. The number of nitrogens with one attached hydrogen (secondary N) is 3. The van der Waals surface area contributed by atoms with Crippen LogP contribution in [0.1, 0.15) is 32.0 Å². The molecule has 0 bridgehead atoms. The SMILES string of the molecule is CN=C(NCCCNC(=O)c1cccs1)NCc1ccc(C(=O)N(C)C)cc1.I. The minimum atomic E-state index is -0.0336. The lowest BCUT2D eigenvalue weighted by atomic mass is 10.1. The Kier molecular flexibility index (Phi) is 11.3. The average Bonchev–Trinajstić information content (AvgIpc) is 3.24. The number of guanidine groups is 1. The molecule has 3 N–H and O–H groups in total. The molecule has 2 rings (SSSR count). The van der Waals surface area contributed by atoms with Crippen LogP contribution < -0.4 is 16.0 Å². The van der Waals surface area contributed by atoms with Gasteiger partial charge in [-0.05, 0) is 35.6 Å². The van der Waals surface area contributed by atoms with Gasteiger partial charge in [0.25, 0.3) is 11.8 Å². The van der Waals surface area contributed by atoms with E-state index < -0.39 is 0 Å². The van der Waals surface area contributed by atoms with Crippen molar-refractivity contribution < 1.29 is 9.59 Å². The molecule has 0 radical (unpaired) electrons. The number of carbonyl (C=O) groups excluding carboxylic acids is 2. The maximum Gasteiger partial charge on any atom is 0.261 e. The summed E-state index contributed by atoms with van der Waals surface area (Å²) < 4.78 is 0. The molecule has 0 saturated heterocycles. The van der Waals surface area contributed by atoms with Crippen molar-refractivity contribution in [1.82, 2.24) is 20.9 Å². The molecule has 1 aromatic carbocycles. The van der Waals surface area contributed by atoms with Gasteiger partial charge in [0, 0.05) is 46.3 Å². The Morgan fingerprint density at radius 1 is 1.03 bits per heavy atom. The maximum absolute atomic E-state index is 11.9. The third-order valence-electron chi connectivity index (χ3n) is 3.97. The first-order valence-electron chi connectivity index (χ1n) is 9.08. The Labute approximate surface area is 193 Å². The average molecular weight is 529 g/mol. The minimum Gasteiger partial charge on any atom is -0.356 e. The van der Waals surface area contributed by atoms with E-state index >= 15 is 0 Å². The first kappa shape index (κ1) is 24.9. The van der Waals surface area contributed by atoms with E-state index in [0.717, 1.165) is 16.9 Å². The highest BCUT2D eigenvalue weighted by Crippen LogP contribution is 2.07. The molecule has 0 unspecified atom stereocenters.